The van der Waals surface area contributed by atoms with Crippen LogP contribution in [0.25, 0.3) is 0 Å². The van der Waals surface area contributed by atoms with Gasteiger partial charge in [0.25, 0.3) is 0 Å². The predicted octanol–water partition coefficient (Wildman–Crippen LogP) is 2.49. The van der Waals surface area contributed by atoms with E-state index in [4.69, 9.17) is 4.52 Å². The molecule has 1 unspecified atom stereocenters. The Bertz CT molecular complexity index is 503. The van der Waals surface area contributed by atoms with Crippen LogP contribution in [0.1, 0.15) is 59.2 Å². The summed E-state index contributed by atoms with van der Waals surface area (Å²) in [4.78, 5) is 6.80. The van der Waals surface area contributed by atoms with Crippen LogP contribution in [0.15, 0.2) is 4.52 Å². The highest BCUT2D eigenvalue weighted by Crippen LogP contribution is 2.29. The minimum atomic E-state index is -0.733. The smallest absolute Gasteiger partial charge is 0.240 e. The number of rotatable bonds is 4. The van der Waals surface area contributed by atoms with Crippen molar-refractivity contribution in [2.45, 2.75) is 64.2 Å². The summed E-state index contributed by atoms with van der Waals surface area (Å²) in [7, 11) is -0.733. The van der Waals surface area contributed by atoms with Crippen LogP contribution in [0.4, 0.5) is 0 Å². The monoisotopic (exact) mass is 313 g/mol. The first-order valence-corrected chi connectivity index (χ1v) is 9.06. The number of hydrogen-bond acceptors (Lipinski definition) is 5. The molecule has 1 aliphatic heterocycles. The van der Waals surface area contributed by atoms with Crippen LogP contribution in [0.2, 0.25) is 0 Å². The van der Waals surface area contributed by atoms with E-state index in [-0.39, 0.29) is 10.2 Å². The molecule has 1 fully saturated rings. The lowest BCUT2D eigenvalue weighted by atomic mass is 9.96. The molecule has 0 N–H and O–H groups in total. The third-order valence-corrected chi connectivity index (χ3v) is 6.60. The molecular formula is C15H27N3O2S. The Morgan fingerprint density at radius 3 is 2.52 bits per heavy atom. The fraction of sp³-hybridized carbons (Fsp3) is 0.867. The van der Waals surface area contributed by atoms with Gasteiger partial charge < -0.3 is 4.52 Å². The Balaban J connectivity index is 2.07. The van der Waals surface area contributed by atoms with E-state index in [1.165, 1.54) is 0 Å². The van der Waals surface area contributed by atoms with Crippen LogP contribution >= 0.6 is 0 Å². The Kier molecular flexibility index (Phi) is 4.88. The van der Waals surface area contributed by atoms with Gasteiger partial charge in [0.15, 0.2) is 5.82 Å². The molecule has 0 aromatic carbocycles. The molecule has 1 aromatic heterocycles. The van der Waals surface area contributed by atoms with Gasteiger partial charge in [0.1, 0.15) is 0 Å². The zero-order chi connectivity index (χ0) is 15.7. The normalized spacial score (nSPS) is 23.4. The molecule has 1 atom stereocenters. The van der Waals surface area contributed by atoms with Gasteiger partial charge in [0.2, 0.25) is 5.89 Å². The summed E-state index contributed by atoms with van der Waals surface area (Å²) in [5.74, 6) is 2.14. The van der Waals surface area contributed by atoms with E-state index in [1.54, 1.807) is 0 Å². The van der Waals surface area contributed by atoms with Crippen LogP contribution in [0.3, 0.4) is 0 Å². The molecule has 0 aliphatic carbocycles. The Labute approximate surface area is 129 Å². The van der Waals surface area contributed by atoms with E-state index in [9.17, 15) is 4.21 Å². The molecule has 6 heteroatoms. The second kappa shape index (κ2) is 6.16. The number of hydrogen-bond donors (Lipinski definition) is 0. The predicted molar refractivity (Wildman–Crippen MR) is 84.6 cm³/mol. The lowest BCUT2D eigenvalue weighted by Gasteiger charge is -2.40. The summed E-state index contributed by atoms with van der Waals surface area (Å²) in [5.41, 5.74) is -0.0955. The minimum absolute atomic E-state index is 0.0782. The average molecular weight is 313 g/mol. The van der Waals surface area contributed by atoms with E-state index in [2.05, 4.69) is 49.7 Å². The van der Waals surface area contributed by atoms with Crippen LogP contribution in [-0.4, -0.2) is 42.8 Å². The fourth-order valence-electron chi connectivity index (χ4n) is 2.73. The second-order valence-corrected chi connectivity index (χ2v) is 8.88. The van der Waals surface area contributed by atoms with Crippen molar-refractivity contribution < 1.29 is 8.73 Å². The highest BCUT2D eigenvalue weighted by Gasteiger charge is 2.39. The van der Waals surface area contributed by atoms with Crippen molar-refractivity contribution in [1.82, 2.24) is 15.0 Å². The summed E-state index contributed by atoms with van der Waals surface area (Å²) < 4.78 is 17.6. The minimum Gasteiger partial charge on any atom is -0.338 e. The largest absolute Gasteiger partial charge is 0.338 e. The average Bonchev–Trinajstić information content (AvgIpc) is 2.90. The maximum absolute atomic E-state index is 12.3. The fourth-order valence-corrected chi connectivity index (χ4v) is 4.56. The van der Waals surface area contributed by atoms with E-state index in [0.717, 1.165) is 37.5 Å². The Morgan fingerprint density at radius 2 is 2.00 bits per heavy atom. The van der Waals surface area contributed by atoms with Gasteiger partial charge in [-0.3, -0.25) is 9.11 Å². The van der Waals surface area contributed by atoms with Gasteiger partial charge in [0.05, 0.1) is 11.3 Å². The lowest BCUT2D eigenvalue weighted by Crippen LogP contribution is -2.52. The van der Waals surface area contributed by atoms with E-state index >= 15 is 0 Å². The summed E-state index contributed by atoms with van der Waals surface area (Å²) in [6.07, 6.45) is 1.90. The van der Waals surface area contributed by atoms with Crippen molar-refractivity contribution in [2.75, 3.05) is 18.8 Å². The summed E-state index contributed by atoms with van der Waals surface area (Å²) in [6.45, 7) is 12.8. The van der Waals surface area contributed by atoms with E-state index in [1.807, 2.05) is 0 Å². The zero-order valence-electron chi connectivity index (χ0n) is 13.8. The zero-order valence-corrected chi connectivity index (χ0v) is 14.6. The topological polar surface area (TPSA) is 59.2 Å². The van der Waals surface area contributed by atoms with Gasteiger partial charge in [-0.1, -0.05) is 39.8 Å². The highest BCUT2D eigenvalue weighted by atomic mass is 32.2. The van der Waals surface area contributed by atoms with Crippen LogP contribution in [-0.2, 0) is 22.8 Å². The lowest BCUT2D eigenvalue weighted by molar-refractivity contribution is 0.200. The van der Waals surface area contributed by atoms with Gasteiger partial charge in [-0.2, -0.15) is 4.98 Å². The number of aromatic nitrogens is 2. The van der Waals surface area contributed by atoms with Gasteiger partial charge in [-0.25, -0.2) is 0 Å². The molecule has 120 valence electrons. The second-order valence-electron chi connectivity index (χ2n) is 6.91. The molecule has 0 radical (unpaired) electrons. The van der Waals surface area contributed by atoms with Gasteiger partial charge in [-0.15, -0.1) is 0 Å². The SMILES string of the molecule is CCC1(CC)CN(Cc2nc(C(C)(C)C)no2)CCS1=O. The molecule has 5 nitrogen and oxygen atoms in total. The molecule has 0 bridgehead atoms. The molecular weight excluding hydrogens is 286 g/mol. The first-order chi connectivity index (χ1) is 9.80. The molecule has 0 saturated carbocycles. The maximum atomic E-state index is 12.3. The van der Waals surface area contributed by atoms with Crippen LogP contribution in [0.5, 0.6) is 0 Å². The quantitative estimate of drug-likeness (QED) is 0.854. The summed E-state index contributed by atoms with van der Waals surface area (Å²) in [5, 5.41) is 4.07. The van der Waals surface area contributed by atoms with E-state index < -0.39 is 10.8 Å². The standard InChI is InChI=1S/C15H27N3O2S/c1-6-15(7-2)11-18(8-9-21(15)19)10-12-16-13(17-20-12)14(3,4)5/h6-11H2,1-5H3. The van der Waals surface area contributed by atoms with E-state index in [0.29, 0.717) is 12.4 Å². The molecule has 0 spiro atoms. The van der Waals surface area contributed by atoms with Crippen LogP contribution < -0.4 is 0 Å². The van der Waals surface area contributed by atoms with Crippen LogP contribution in [0, 0.1) is 0 Å². The van der Waals surface area contributed by atoms with Crippen molar-refractivity contribution in [3.8, 4) is 0 Å². The number of nitrogens with zero attached hydrogens (tertiary/aromatic N) is 3. The molecule has 21 heavy (non-hydrogen) atoms. The van der Waals surface area contributed by atoms with Gasteiger partial charge in [0, 0.05) is 35.1 Å². The van der Waals surface area contributed by atoms with Crippen molar-refractivity contribution in [3.63, 3.8) is 0 Å². The molecule has 1 aliphatic rings. The van der Waals surface area contributed by atoms with Gasteiger partial charge >= 0.3 is 0 Å². The van der Waals surface area contributed by atoms with Crippen molar-refractivity contribution in [3.05, 3.63) is 11.7 Å². The maximum Gasteiger partial charge on any atom is 0.240 e. The molecule has 2 heterocycles. The molecule has 1 saturated heterocycles. The summed E-state index contributed by atoms with van der Waals surface area (Å²) >= 11 is 0. The van der Waals surface area contributed by atoms with Crippen molar-refractivity contribution in [2.24, 2.45) is 0 Å². The molecule has 1 aromatic rings. The van der Waals surface area contributed by atoms with Gasteiger partial charge in [-0.05, 0) is 12.8 Å². The summed E-state index contributed by atoms with van der Waals surface area (Å²) in [6, 6.07) is 0. The first-order valence-electron chi connectivity index (χ1n) is 7.74. The Hall–Kier alpha value is -0.750. The molecule has 0 amide bonds. The third-order valence-electron chi connectivity index (χ3n) is 4.37. The highest BCUT2D eigenvalue weighted by molar-refractivity contribution is 7.86. The first kappa shape index (κ1) is 16.6. The molecule has 2 rings (SSSR count). The third kappa shape index (κ3) is 3.54. The van der Waals surface area contributed by atoms with Crippen molar-refractivity contribution >= 4 is 10.8 Å². The Morgan fingerprint density at radius 1 is 1.33 bits per heavy atom. The van der Waals surface area contributed by atoms with Crippen molar-refractivity contribution in [1.29, 1.82) is 0 Å².